The molecule has 0 aliphatic carbocycles. The second-order valence-electron chi connectivity index (χ2n) is 4.33. The number of unbranched alkanes of at least 4 members (excludes halogenated alkanes) is 4. The van der Waals surface area contributed by atoms with E-state index in [1.54, 1.807) is 0 Å². The van der Waals surface area contributed by atoms with Crippen LogP contribution in [0.2, 0.25) is 0 Å². The molecule has 1 unspecified atom stereocenters. The van der Waals surface area contributed by atoms with Gasteiger partial charge in [-0.15, -0.1) is 0 Å². The predicted molar refractivity (Wildman–Crippen MR) is 61.3 cm³/mol. The fourth-order valence-corrected chi connectivity index (χ4v) is 3.18. The van der Waals surface area contributed by atoms with Gasteiger partial charge in [0.25, 0.3) is 10.1 Å². The lowest BCUT2D eigenvalue weighted by molar-refractivity contribution is 0.169. The van der Waals surface area contributed by atoms with E-state index in [9.17, 15) is 8.42 Å². The molecule has 1 saturated heterocycles. The highest BCUT2D eigenvalue weighted by Gasteiger charge is 2.24. The molecule has 0 aromatic carbocycles. The molecule has 0 amide bonds. The number of hydrogen-bond acceptors (Lipinski definition) is 3. The highest BCUT2D eigenvalue weighted by atomic mass is 32.2. The quantitative estimate of drug-likeness (QED) is 0.524. The fraction of sp³-hybridized carbons (Fsp3) is 1.00. The van der Waals surface area contributed by atoms with Crippen LogP contribution in [0.1, 0.15) is 58.3 Å². The summed E-state index contributed by atoms with van der Waals surface area (Å²) in [6, 6.07) is 0. The fourth-order valence-electron chi connectivity index (χ4n) is 1.96. The number of hydrogen-bond donors (Lipinski definition) is 0. The lowest BCUT2D eigenvalue weighted by atomic mass is 10.1. The van der Waals surface area contributed by atoms with Gasteiger partial charge >= 0.3 is 0 Å². The SMILES string of the molecule is CCCCCCCC1CCCS(=O)(=O)O1. The van der Waals surface area contributed by atoms with Gasteiger partial charge in [-0.05, 0) is 19.3 Å². The van der Waals surface area contributed by atoms with Crippen LogP contribution in [0.4, 0.5) is 0 Å². The molecule has 1 fully saturated rings. The zero-order valence-corrected chi connectivity index (χ0v) is 10.4. The Hall–Kier alpha value is -0.0900. The van der Waals surface area contributed by atoms with E-state index in [0.29, 0.717) is 0 Å². The van der Waals surface area contributed by atoms with Gasteiger partial charge in [0.1, 0.15) is 0 Å². The zero-order valence-electron chi connectivity index (χ0n) is 9.57. The summed E-state index contributed by atoms with van der Waals surface area (Å²) in [5.74, 6) is 0.208. The molecular formula is C11H22O3S. The van der Waals surface area contributed by atoms with E-state index >= 15 is 0 Å². The van der Waals surface area contributed by atoms with Crippen molar-refractivity contribution >= 4 is 10.1 Å². The number of rotatable bonds is 6. The highest BCUT2D eigenvalue weighted by molar-refractivity contribution is 7.86. The molecule has 4 heteroatoms. The zero-order chi connectivity index (χ0) is 11.1. The summed E-state index contributed by atoms with van der Waals surface area (Å²) in [7, 11) is -3.18. The van der Waals surface area contributed by atoms with Crippen molar-refractivity contribution in [2.75, 3.05) is 5.75 Å². The summed E-state index contributed by atoms with van der Waals surface area (Å²) in [6.07, 6.45) is 8.63. The van der Waals surface area contributed by atoms with E-state index in [-0.39, 0.29) is 11.9 Å². The molecule has 0 radical (unpaired) electrons. The maximum atomic E-state index is 11.2. The topological polar surface area (TPSA) is 43.4 Å². The Labute approximate surface area is 93.3 Å². The lowest BCUT2D eigenvalue weighted by Crippen LogP contribution is -2.26. The standard InChI is InChI=1S/C11H22O3S/c1-2-3-4-5-6-8-11-9-7-10-15(12,13)14-11/h11H,2-10H2,1H3. The van der Waals surface area contributed by atoms with Crippen LogP contribution in [0, 0.1) is 0 Å². The average Bonchev–Trinajstić information content (AvgIpc) is 2.16. The first-order chi connectivity index (χ1) is 7.14. The van der Waals surface area contributed by atoms with Crippen LogP contribution in [0.3, 0.4) is 0 Å². The summed E-state index contributed by atoms with van der Waals surface area (Å²) in [4.78, 5) is 0. The predicted octanol–water partition coefficient (Wildman–Crippen LogP) is 2.86. The normalized spacial score (nSPS) is 25.3. The summed E-state index contributed by atoms with van der Waals surface area (Å²) >= 11 is 0. The van der Waals surface area contributed by atoms with Crippen LogP contribution in [-0.4, -0.2) is 20.3 Å². The molecule has 15 heavy (non-hydrogen) atoms. The van der Waals surface area contributed by atoms with Crippen molar-refractivity contribution < 1.29 is 12.6 Å². The van der Waals surface area contributed by atoms with Crippen LogP contribution < -0.4 is 0 Å². The van der Waals surface area contributed by atoms with E-state index in [1.807, 2.05) is 0 Å². The van der Waals surface area contributed by atoms with Gasteiger partial charge in [-0.25, -0.2) is 0 Å². The van der Waals surface area contributed by atoms with Crippen LogP contribution in [-0.2, 0) is 14.3 Å². The van der Waals surface area contributed by atoms with E-state index in [4.69, 9.17) is 4.18 Å². The molecule has 1 rings (SSSR count). The van der Waals surface area contributed by atoms with Crippen molar-refractivity contribution in [1.29, 1.82) is 0 Å². The smallest absolute Gasteiger partial charge is 0.267 e. The summed E-state index contributed by atoms with van der Waals surface area (Å²) in [5.41, 5.74) is 0. The molecule has 0 bridgehead atoms. The third-order valence-corrected chi connectivity index (χ3v) is 4.19. The molecular weight excluding hydrogens is 212 g/mol. The third-order valence-electron chi connectivity index (χ3n) is 2.83. The maximum Gasteiger partial charge on any atom is 0.267 e. The van der Waals surface area contributed by atoms with Gasteiger partial charge in [0.2, 0.25) is 0 Å². The van der Waals surface area contributed by atoms with Crippen LogP contribution >= 0.6 is 0 Å². The molecule has 0 N–H and O–H groups in total. The monoisotopic (exact) mass is 234 g/mol. The first-order valence-corrected chi connectivity index (χ1v) is 7.63. The Kier molecular flexibility index (Phi) is 5.61. The minimum atomic E-state index is -3.18. The van der Waals surface area contributed by atoms with Crippen LogP contribution in [0.25, 0.3) is 0 Å². The second kappa shape index (κ2) is 6.48. The molecule has 0 saturated carbocycles. The van der Waals surface area contributed by atoms with Crippen molar-refractivity contribution in [2.45, 2.75) is 64.4 Å². The Morgan fingerprint density at radius 2 is 1.93 bits per heavy atom. The summed E-state index contributed by atoms with van der Waals surface area (Å²) in [6.45, 7) is 2.19. The first kappa shape index (κ1) is 13.0. The Morgan fingerprint density at radius 1 is 1.20 bits per heavy atom. The van der Waals surface area contributed by atoms with Crippen LogP contribution in [0.15, 0.2) is 0 Å². The molecule has 0 aromatic rings. The van der Waals surface area contributed by atoms with Gasteiger partial charge in [-0.2, -0.15) is 8.42 Å². The van der Waals surface area contributed by atoms with Gasteiger partial charge in [-0.1, -0.05) is 39.0 Å². The van der Waals surface area contributed by atoms with Crippen molar-refractivity contribution in [3.63, 3.8) is 0 Å². The molecule has 1 aliphatic heterocycles. The van der Waals surface area contributed by atoms with E-state index < -0.39 is 10.1 Å². The van der Waals surface area contributed by atoms with Crippen molar-refractivity contribution in [3.8, 4) is 0 Å². The summed E-state index contributed by atoms with van der Waals surface area (Å²) < 4.78 is 27.4. The van der Waals surface area contributed by atoms with Crippen molar-refractivity contribution in [2.24, 2.45) is 0 Å². The Bertz CT molecular complexity index is 259. The minimum Gasteiger partial charge on any atom is -0.267 e. The molecule has 90 valence electrons. The van der Waals surface area contributed by atoms with Gasteiger partial charge in [0, 0.05) is 0 Å². The third kappa shape index (κ3) is 5.52. The van der Waals surface area contributed by atoms with Gasteiger partial charge < -0.3 is 0 Å². The van der Waals surface area contributed by atoms with Crippen molar-refractivity contribution in [1.82, 2.24) is 0 Å². The molecule has 1 atom stereocenters. The molecule has 0 aromatic heterocycles. The molecule has 1 aliphatic rings. The lowest BCUT2D eigenvalue weighted by Gasteiger charge is -2.21. The van der Waals surface area contributed by atoms with Gasteiger partial charge in [0.15, 0.2) is 0 Å². The molecule has 0 spiro atoms. The maximum absolute atomic E-state index is 11.2. The largest absolute Gasteiger partial charge is 0.267 e. The Balaban J connectivity index is 2.11. The Morgan fingerprint density at radius 3 is 2.60 bits per heavy atom. The van der Waals surface area contributed by atoms with E-state index in [1.165, 1.54) is 25.7 Å². The second-order valence-corrected chi connectivity index (χ2v) is 6.04. The van der Waals surface area contributed by atoms with E-state index in [0.717, 1.165) is 25.7 Å². The van der Waals surface area contributed by atoms with Gasteiger partial charge in [0.05, 0.1) is 11.9 Å². The molecule has 3 nitrogen and oxygen atoms in total. The average molecular weight is 234 g/mol. The summed E-state index contributed by atoms with van der Waals surface area (Å²) in [5, 5.41) is 0. The van der Waals surface area contributed by atoms with E-state index in [2.05, 4.69) is 6.92 Å². The van der Waals surface area contributed by atoms with Gasteiger partial charge in [-0.3, -0.25) is 4.18 Å². The first-order valence-electron chi connectivity index (χ1n) is 6.05. The van der Waals surface area contributed by atoms with Crippen LogP contribution in [0.5, 0.6) is 0 Å². The minimum absolute atomic E-state index is 0.0367. The molecule has 1 heterocycles. The highest BCUT2D eigenvalue weighted by Crippen LogP contribution is 2.20. The van der Waals surface area contributed by atoms with Crippen molar-refractivity contribution in [3.05, 3.63) is 0 Å².